The van der Waals surface area contributed by atoms with E-state index in [1.165, 1.54) is 11.1 Å². The number of halogens is 1. The summed E-state index contributed by atoms with van der Waals surface area (Å²) in [5.41, 5.74) is 3.23. The van der Waals surface area contributed by atoms with Crippen LogP contribution in [0.3, 0.4) is 0 Å². The van der Waals surface area contributed by atoms with E-state index < -0.39 is 0 Å². The van der Waals surface area contributed by atoms with Crippen LogP contribution >= 0.6 is 11.6 Å². The molecule has 2 rings (SSSR count). The molecule has 0 aliphatic rings. The van der Waals surface area contributed by atoms with Gasteiger partial charge < -0.3 is 0 Å². The van der Waals surface area contributed by atoms with Gasteiger partial charge in [0.1, 0.15) is 0 Å². The van der Waals surface area contributed by atoms with Crippen LogP contribution in [-0.4, -0.2) is 0 Å². The van der Waals surface area contributed by atoms with Crippen LogP contribution in [0.5, 0.6) is 0 Å². The summed E-state index contributed by atoms with van der Waals surface area (Å²) in [6.45, 7) is 11.6. The maximum absolute atomic E-state index is 7.14. The first kappa shape index (κ1) is 14.6. The Labute approximate surface area is 126 Å². The highest BCUT2D eigenvalue weighted by Crippen LogP contribution is 2.31. The molecule has 0 heterocycles. The first-order valence-corrected chi connectivity index (χ1v) is 7.20. The molecule has 102 valence electrons. The lowest BCUT2D eigenvalue weighted by atomic mass is 9.83. The minimum absolute atomic E-state index is 0.415. The van der Waals surface area contributed by atoms with Gasteiger partial charge in [0.2, 0.25) is 0 Å². The highest BCUT2D eigenvalue weighted by Gasteiger charge is 2.16. The minimum Gasteiger partial charge on any atom is -0.238 e. The van der Waals surface area contributed by atoms with E-state index in [0.717, 1.165) is 11.4 Å². The van der Waals surface area contributed by atoms with Crippen LogP contribution in [0.4, 0.5) is 5.69 Å². The van der Waals surface area contributed by atoms with Crippen LogP contribution in [0, 0.1) is 12.5 Å². The molecule has 1 unspecified atom stereocenters. The number of hydrogen-bond donors (Lipinski definition) is 0. The summed E-state index contributed by atoms with van der Waals surface area (Å²) >= 11 is 5.93. The average Bonchev–Trinajstić information content (AvgIpc) is 2.46. The Kier molecular flexibility index (Phi) is 4.82. The zero-order valence-corrected chi connectivity index (χ0v) is 12.6. The topological polar surface area (TPSA) is 4.36 Å². The van der Waals surface area contributed by atoms with Crippen molar-refractivity contribution in [3.05, 3.63) is 76.1 Å². The van der Waals surface area contributed by atoms with Gasteiger partial charge in [-0.15, -0.1) is 0 Å². The molecule has 2 aromatic rings. The Morgan fingerprint density at radius 2 is 1.80 bits per heavy atom. The third kappa shape index (κ3) is 3.62. The first-order valence-electron chi connectivity index (χ1n) is 6.82. The molecule has 1 atom stereocenters. The van der Waals surface area contributed by atoms with Crippen molar-refractivity contribution in [1.82, 2.24) is 0 Å². The smallest absolute Gasteiger partial charge is 0.187 e. The summed E-state index contributed by atoms with van der Waals surface area (Å²) in [7, 11) is 0. The van der Waals surface area contributed by atoms with Crippen LogP contribution < -0.4 is 0 Å². The van der Waals surface area contributed by atoms with Gasteiger partial charge in [-0.2, -0.15) is 0 Å². The van der Waals surface area contributed by atoms with E-state index in [1.807, 2.05) is 30.3 Å². The molecule has 2 heteroatoms. The van der Waals surface area contributed by atoms with Crippen molar-refractivity contribution in [3.8, 4) is 0 Å². The second kappa shape index (κ2) is 6.59. The van der Waals surface area contributed by atoms with E-state index >= 15 is 0 Å². The SMILES string of the molecule is [C-]#[N+]c1cccc(C(Cc2ccc(Cl)cc2)C(C)C)c1. The normalized spacial score (nSPS) is 12.2. The minimum atomic E-state index is 0.415. The molecule has 0 fully saturated rings. The third-order valence-electron chi connectivity index (χ3n) is 3.60. The molecule has 0 saturated heterocycles. The molecule has 0 bridgehead atoms. The zero-order valence-electron chi connectivity index (χ0n) is 11.8. The summed E-state index contributed by atoms with van der Waals surface area (Å²) in [6, 6.07) is 16.0. The second-order valence-corrected chi connectivity index (χ2v) is 5.82. The molecule has 0 aliphatic carbocycles. The van der Waals surface area contributed by atoms with Gasteiger partial charge >= 0.3 is 0 Å². The molecular formula is C18H18ClN. The van der Waals surface area contributed by atoms with Crippen molar-refractivity contribution in [1.29, 1.82) is 0 Å². The van der Waals surface area contributed by atoms with Crippen LogP contribution in [0.1, 0.15) is 30.9 Å². The molecule has 20 heavy (non-hydrogen) atoms. The van der Waals surface area contributed by atoms with Gasteiger partial charge in [-0.3, -0.25) is 0 Å². The first-order chi connectivity index (χ1) is 9.60. The fourth-order valence-electron chi connectivity index (χ4n) is 2.44. The number of nitrogens with zero attached hydrogens (tertiary/aromatic N) is 1. The van der Waals surface area contributed by atoms with E-state index in [2.05, 4.69) is 36.9 Å². The average molecular weight is 284 g/mol. The Balaban J connectivity index is 2.27. The highest BCUT2D eigenvalue weighted by molar-refractivity contribution is 6.30. The van der Waals surface area contributed by atoms with Gasteiger partial charge in [0.25, 0.3) is 0 Å². The second-order valence-electron chi connectivity index (χ2n) is 5.39. The van der Waals surface area contributed by atoms with Gasteiger partial charge in [0, 0.05) is 5.02 Å². The summed E-state index contributed by atoms with van der Waals surface area (Å²) in [5, 5.41) is 0.768. The summed E-state index contributed by atoms with van der Waals surface area (Å²) < 4.78 is 0. The molecule has 1 nitrogen and oxygen atoms in total. The summed E-state index contributed by atoms with van der Waals surface area (Å²) in [6.07, 6.45) is 0.969. The van der Waals surface area contributed by atoms with Crippen molar-refractivity contribution in [3.63, 3.8) is 0 Å². The van der Waals surface area contributed by atoms with Gasteiger partial charge in [-0.25, -0.2) is 4.85 Å². The lowest BCUT2D eigenvalue weighted by Crippen LogP contribution is -2.10. The highest BCUT2D eigenvalue weighted by atomic mass is 35.5. The van der Waals surface area contributed by atoms with Crippen LogP contribution in [0.25, 0.3) is 4.85 Å². The van der Waals surface area contributed by atoms with Crippen molar-refractivity contribution in [2.24, 2.45) is 5.92 Å². The summed E-state index contributed by atoms with van der Waals surface area (Å²) in [4.78, 5) is 3.52. The van der Waals surface area contributed by atoms with Gasteiger partial charge in [0.15, 0.2) is 5.69 Å². The molecule has 2 aromatic carbocycles. The quantitative estimate of drug-likeness (QED) is 0.618. The van der Waals surface area contributed by atoms with Gasteiger partial charge in [0.05, 0.1) is 6.57 Å². The van der Waals surface area contributed by atoms with Gasteiger partial charge in [-0.1, -0.05) is 67.4 Å². The van der Waals surface area contributed by atoms with Crippen molar-refractivity contribution >= 4 is 17.3 Å². The van der Waals surface area contributed by atoms with E-state index in [4.69, 9.17) is 18.2 Å². The van der Waals surface area contributed by atoms with Crippen molar-refractivity contribution < 1.29 is 0 Å². The van der Waals surface area contributed by atoms with Gasteiger partial charge in [-0.05, 0) is 36.0 Å². The molecule has 0 spiro atoms. The lowest BCUT2D eigenvalue weighted by Gasteiger charge is -2.22. The van der Waals surface area contributed by atoms with E-state index in [9.17, 15) is 0 Å². The molecular weight excluding hydrogens is 266 g/mol. The Bertz CT molecular complexity index is 608. The Hall–Kier alpha value is -1.78. The molecule has 0 saturated carbocycles. The molecule has 0 radical (unpaired) electrons. The van der Waals surface area contributed by atoms with Crippen LogP contribution in [0.2, 0.25) is 5.02 Å². The Morgan fingerprint density at radius 1 is 1.10 bits per heavy atom. The summed E-state index contributed by atoms with van der Waals surface area (Å²) in [5.74, 6) is 0.935. The maximum atomic E-state index is 7.14. The van der Waals surface area contributed by atoms with Crippen molar-refractivity contribution in [2.75, 3.05) is 0 Å². The Morgan fingerprint density at radius 3 is 2.40 bits per heavy atom. The maximum Gasteiger partial charge on any atom is 0.187 e. The molecule has 0 aliphatic heterocycles. The van der Waals surface area contributed by atoms with Crippen LogP contribution in [0.15, 0.2) is 48.5 Å². The zero-order chi connectivity index (χ0) is 14.5. The standard InChI is InChI=1S/C18H18ClN/c1-13(2)18(11-14-7-9-16(19)10-8-14)15-5-4-6-17(12-15)20-3/h4-10,12-13,18H,11H2,1-2H3. The number of hydrogen-bond acceptors (Lipinski definition) is 0. The van der Waals surface area contributed by atoms with E-state index in [1.54, 1.807) is 0 Å². The lowest BCUT2D eigenvalue weighted by molar-refractivity contribution is 0.495. The predicted molar refractivity (Wildman–Crippen MR) is 85.4 cm³/mol. The number of rotatable bonds is 4. The van der Waals surface area contributed by atoms with E-state index in [0.29, 0.717) is 17.5 Å². The number of benzene rings is 2. The molecule has 0 aromatic heterocycles. The fourth-order valence-corrected chi connectivity index (χ4v) is 2.56. The largest absolute Gasteiger partial charge is 0.238 e. The van der Waals surface area contributed by atoms with E-state index in [-0.39, 0.29) is 0 Å². The fraction of sp³-hybridized carbons (Fsp3) is 0.278. The molecule has 0 amide bonds. The van der Waals surface area contributed by atoms with Crippen molar-refractivity contribution in [2.45, 2.75) is 26.2 Å². The third-order valence-corrected chi connectivity index (χ3v) is 3.85. The monoisotopic (exact) mass is 283 g/mol. The molecule has 0 N–H and O–H groups in total. The van der Waals surface area contributed by atoms with Crippen LogP contribution in [-0.2, 0) is 6.42 Å². The predicted octanol–water partition coefficient (Wildman–Crippen LogP) is 5.87.